The maximum atomic E-state index is 13.4. The molecule has 0 N–H and O–H groups in total. The van der Waals surface area contributed by atoms with Crippen LogP contribution < -0.4 is 0 Å². The molecule has 1 heterocycles. The molecule has 1 aliphatic rings. The van der Waals surface area contributed by atoms with E-state index in [0.717, 1.165) is 54.3 Å². The molecule has 0 radical (unpaired) electrons. The van der Waals surface area contributed by atoms with Crippen molar-refractivity contribution >= 4 is 17.5 Å². The van der Waals surface area contributed by atoms with Crippen molar-refractivity contribution in [3.8, 4) is 11.1 Å². The third-order valence-electron chi connectivity index (χ3n) is 7.19. The van der Waals surface area contributed by atoms with Crippen molar-refractivity contribution in [2.45, 2.75) is 32.4 Å². The molecule has 0 aromatic heterocycles. The Bertz CT molecular complexity index is 1320. The Morgan fingerprint density at radius 3 is 2.19 bits per heavy atom. The van der Waals surface area contributed by atoms with Crippen LogP contribution in [0, 0.1) is 6.92 Å². The number of halogens is 1. The molecular formula is C33H33ClN2O. The SMILES string of the molecule is Cc1ccc(Cl)c(-c2ccc(CN3CCN(C(=O)Cc4ccccc4)[C@@H](Cc4ccccc4)C3)cc2)c1. The summed E-state index contributed by atoms with van der Waals surface area (Å²) in [5.41, 5.74) is 7.02. The van der Waals surface area contributed by atoms with E-state index in [1.54, 1.807) is 0 Å². The molecule has 1 aliphatic heterocycles. The van der Waals surface area contributed by atoms with Crippen LogP contribution in [0.3, 0.4) is 0 Å². The monoisotopic (exact) mass is 508 g/mol. The Labute approximate surface area is 225 Å². The van der Waals surface area contributed by atoms with Gasteiger partial charge in [0.15, 0.2) is 0 Å². The van der Waals surface area contributed by atoms with Gasteiger partial charge in [-0.1, -0.05) is 108 Å². The fourth-order valence-electron chi connectivity index (χ4n) is 5.23. The lowest BCUT2D eigenvalue weighted by atomic mass is 9.99. The third-order valence-corrected chi connectivity index (χ3v) is 7.52. The lowest BCUT2D eigenvalue weighted by Crippen LogP contribution is -2.56. The second-order valence-electron chi connectivity index (χ2n) is 10.0. The van der Waals surface area contributed by atoms with Crippen molar-refractivity contribution < 1.29 is 4.79 Å². The van der Waals surface area contributed by atoms with E-state index >= 15 is 0 Å². The van der Waals surface area contributed by atoms with E-state index < -0.39 is 0 Å². The normalized spacial score (nSPS) is 16.1. The maximum Gasteiger partial charge on any atom is 0.227 e. The van der Waals surface area contributed by atoms with Gasteiger partial charge in [0.2, 0.25) is 5.91 Å². The van der Waals surface area contributed by atoms with Gasteiger partial charge >= 0.3 is 0 Å². The predicted molar refractivity (Wildman–Crippen MR) is 153 cm³/mol. The van der Waals surface area contributed by atoms with Crippen molar-refractivity contribution in [3.63, 3.8) is 0 Å². The highest BCUT2D eigenvalue weighted by Gasteiger charge is 2.30. The van der Waals surface area contributed by atoms with Crippen molar-refractivity contribution in [2.75, 3.05) is 19.6 Å². The molecule has 0 bridgehead atoms. The molecule has 4 aromatic carbocycles. The van der Waals surface area contributed by atoms with Gasteiger partial charge in [0, 0.05) is 42.8 Å². The molecule has 37 heavy (non-hydrogen) atoms. The Kier molecular flexibility index (Phi) is 8.03. The number of benzene rings is 4. The first-order valence-electron chi connectivity index (χ1n) is 13.0. The van der Waals surface area contributed by atoms with Crippen LogP contribution in [0.5, 0.6) is 0 Å². The number of carbonyl (C=O) groups excluding carboxylic acids is 1. The Hall–Kier alpha value is -3.40. The van der Waals surface area contributed by atoms with Crippen molar-refractivity contribution in [3.05, 3.63) is 130 Å². The van der Waals surface area contributed by atoms with Gasteiger partial charge in [-0.3, -0.25) is 9.69 Å². The van der Waals surface area contributed by atoms with E-state index in [-0.39, 0.29) is 11.9 Å². The van der Waals surface area contributed by atoms with Crippen LogP contribution >= 0.6 is 11.6 Å². The summed E-state index contributed by atoms with van der Waals surface area (Å²) < 4.78 is 0. The summed E-state index contributed by atoms with van der Waals surface area (Å²) in [5.74, 6) is 0.214. The zero-order valence-electron chi connectivity index (χ0n) is 21.3. The summed E-state index contributed by atoms with van der Waals surface area (Å²) in [6.07, 6.45) is 1.32. The smallest absolute Gasteiger partial charge is 0.227 e. The molecular weight excluding hydrogens is 476 g/mol. The zero-order chi connectivity index (χ0) is 25.6. The topological polar surface area (TPSA) is 23.6 Å². The fourth-order valence-corrected chi connectivity index (χ4v) is 5.46. The van der Waals surface area contributed by atoms with Crippen LogP contribution in [0.15, 0.2) is 103 Å². The summed E-state index contributed by atoms with van der Waals surface area (Å²) in [4.78, 5) is 17.9. The predicted octanol–water partition coefficient (Wildman–Crippen LogP) is 6.81. The number of hydrogen-bond acceptors (Lipinski definition) is 2. The van der Waals surface area contributed by atoms with E-state index in [1.807, 2.05) is 48.5 Å². The Morgan fingerprint density at radius 2 is 1.49 bits per heavy atom. The zero-order valence-corrected chi connectivity index (χ0v) is 22.1. The average Bonchev–Trinajstić information content (AvgIpc) is 2.92. The summed E-state index contributed by atoms with van der Waals surface area (Å²) in [6.45, 7) is 5.44. The van der Waals surface area contributed by atoms with Crippen molar-refractivity contribution in [2.24, 2.45) is 0 Å². The van der Waals surface area contributed by atoms with E-state index in [2.05, 4.69) is 71.3 Å². The Morgan fingerprint density at radius 1 is 0.811 bits per heavy atom. The van der Waals surface area contributed by atoms with Gasteiger partial charge in [-0.05, 0) is 47.7 Å². The van der Waals surface area contributed by atoms with E-state index in [0.29, 0.717) is 6.42 Å². The number of nitrogens with zero attached hydrogens (tertiary/aromatic N) is 2. The number of hydrogen-bond donors (Lipinski definition) is 0. The molecule has 1 atom stereocenters. The number of amides is 1. The van der Waals surface area contributed by atoms with E-state index in [9.17, 15) is 4.79 Å². The molecule has 1 saturated heterocycles. The van der Waals surface area contributed by atoms with Crippen LogP contribution in [0.1, 0.15) is 22.3 Å². The molecule has 188 valence electrons. The molecule has 0 aliphatic carbocycles. The second-order valence-corrected chi connectivity index (χ2v) is 10.4. The van der Waals surface area contributed by atoms with Crippen LogP contribution in [0.2, 0.25) is 5.02 Å². The molecule has 4 heteroatoms. The number of carbonyl (C=O) groups is 1. The minimum absolute atomic E-state index is 0.151. The van der Waals surface area contributed by atoms with Crippen molar-refractivity contribution in [1.29, 1.82) is 0 Å². The first-order chi connectivity index (χ1) is 18.0. The quantitative estimate of drug-likeness (QED) is 0.273. The summed E-state index contributed by atoms with van der Waals surface area (Å²) in [7, 11) is 0. The highest BCUT2D eigenvalue weighted by Crippen LogP contribution is 2.29. The lowest BCUT2D eigenvalue weighted by molar-refractivity contribution is -0.135. The lowest BCUT2D eigenvalue weighted by Gasteiger charge is -2.42. The molecule has 0 spiro atoms. The number of aryl methyl sites for hydroxylation is 1. The summed E-state index contributed by atoms with van der Waals surface area (Å²) in [5, 5.41) is 0.776. The fraction of sp³-hybridized carbons (Fsp3) is 0.242. The molecule has 1 fully saturated rings. The number of rotatable bonds is 7. The minimum atomic E-state index is 0.151. The third kappa shape index (κ3) is 6.49. The summed E-state index contributed by atoms with van der Waals surface area (Å²) >= 11 is 6.46. The van der Waals surface area contributed by atoms with Gasteiger partial charge in [-0.25, -0.2) is 0 Å². The maximum absolute atomic E-state index is 13.4. The van der Waals surface area contributed by atoms with Gasteiger partial charge in [0.25, 0.3) is 0 Å². The van der Waals surface area contributed by atoms with E-state index in [1.165, 1.54) is 16.7 Å². The van der Waals surface area contributed by atoms with Crippen molar-refractivity contribution in [1.82, 2.24) is 9.80 Å². The van der Waals surface area contributed by atoms with Crippen LogP contribution in [-0.4, -0.2) is 41.4 Å². The molecule has 0 saturated carbocycles. The summed E-state index contributed by atoms with van der Waals surface area (Å²) in [6, 6.07) is 35.6. The van der Waals surface area contributed by atoms with Gasteiger partial charge in [0.1, 0.15) is 0 Å². The van der Waals surface area contributed by atoms with Gasteiger partial charge in [-0.15, -0.1) is 0 Å². The molecule has 4 aromatic rings. The molecule has 5 rings (SSSR count). The highest BCUT2D eigenvalue weighted by atomic mass is 35.5. The first kappa shape index (κ1) is 25.3. The standard InChI is InChI=1S/C33H33ClN2O/c1-25-12-17-32(34)31(20-25)29-15-13-28(14-16-29)23-35-18-19-36(33(37)22-27-10-6-3-7-11-27)30(24-35)21-26-8-4-2-5-9-26/h2-17,20,30H,18-19,21-24H2,1H3/t30-/m0/s1. The minimum Gasteiger partial charge on any atom is -0.337 e. The number of piperazine rings is 1. The van der Waals surface area contributed by atoms with E-state index in [4.69, 9.17) is 11.6 Å². The van der Waals surface area contributed by atoms with Gasteiger partial charge in [-0.2, -0.15) is 0 Å². The second kappa shape index (κ2) is 11.8. The first-order valence-corrected chi connectivity index (χ1v) is 13.4. The van der Waals surface area contributed by atoms with Crippen LogP contribution in [0.25, 0.3) is 11.1 Å². The highest BCUT2D eigenvalue weighted by molar-refractivity contribution is 6.33. The van der Waals surface area contributed by atoms with Crippen LogP contribution in [-0.2, 0) is 24.2 Å². The average molecular weight is 509 g/mol. The molecule has 0 unspecified atom stereocenters. The Balaban J connectivity index is 1.29. The molecule has 3 nitrogen and oxygen atoms in total. The largest absolute Gasteiger partial charge is 0.337 e. The van der Waals surface area contributed by atoms with Gasteiger partial charge < -0.3 is 4.90 Å². The van der Waals surface area contributed by atoms with Gasteiger partial charge in [0.05, 0.1) is 6.42 Å². The molecule has 1 amide bonds. The van der Waals surface area contributed by atoms with Crippen LogP contribution in [0.4, 0.5) is 0 Å².